The van der Waals surface area contributed by atoms with Crippen LogP contribution in [0.15, 0.2) is 72.8 Å². The number of ether oxygens (including phenoxy) is 1. The number of fused-ring (bicyclic) bond motifs is 3. The second kappa shape index (κ2) is 8.56. The molecule has 0 bridgehead atoms. The third-order valence-corrected chi connectivity index (χ3v) is 6.72. The lowest BCUT2D eigenvalue weighted by molar-refractivity contribution is 0.0904. The minimum Gasteiger partial charge on any atom is -0.448 e. The fourth-order valence-electron chi connectivity index (χ4n) is 4.98. The van der Waals surface area contributed by atoms with Gasteiger partial charge in [0.2, 0.25) is 0 Å². The monoisotopic (exact) mass is 413 g/mol. The van der Waals surface area contributed by atoms with Gasteiger partial charge in [0.1, 0.15) is 6.61 Å². The number of nitrogens with zero attached hydrogens (tertiary/aromatic N) is 1. The maximum absolute atomic E-state index is 12.8. The zero-order valence-electron chi connectivity index (χ0n) is 17.5. The average molecular weight is 414 g/mol. The van der Waals surface area contributed by atoms with Gasteiger partial charge in [0, 0.05) is 19.0 Å². The van der Waals surface area contributed by atoms with Crippen molar-refractivity contribution in [3.8, 4) is 11.1 Å². The van der Waals surface area contributed by atoms with Crippen LogP contribution in [0.25, 0.3) is 11.1 Å². The normalized spacial score (nSPS) is 16.1. The SMILES string of the molecule is O=C(OCC1c2ccccc2-c2ccccc21)N1CCC(c2ccc(CO)cc2)CC1. The maximum Gasteiger partial charge on any atom is 0.409 e. The Hall–Kier alpha value is -3.11. The van der Waals surface area contributed by atoms with E-state index in [0.29, 0.717) is 25.6 Å². The molecule has 1 aliphatic carbocycles. The van der Waals surface area contributed by atoms with Crippen LogP contribution in [0.1, 0.15) is 46.9 Å². The van der Waals surface area contributed by atoms with Gasteiger partial charge in [-0.15, -0.1) is 0 Å². The molecule has 2 aliphatic rings. The third-order valence-electron chi connectivity index (χ3n) is 6.72. The van der Waals surface area contributed by atoms with Crippen molar-refractivity contribution in [1.29, 1.82) is 0 Å². The number of likely N-dealkylation sites (tertiary alicyclic amines) is 1. The number of amides is 1. The van der Waals surface area contributed by atoms with Crippen molar-refractivity contribution < 1.29 is 14.6 Å². The van der Waals surface area contributed by atoms with Crippen LogP contribution in [-0.2, 0) is 11.3 Å². The van der Waals surface area contributed by atoms with Crippen molar-refractivity contribution in [1.82, 2.24) is 4.90 Å². The Morgan fingerprint density at radius 1 is 0.871 bits per heavy atom. The summed E-state index contributed by atoms with van der Waals surface area (Å²) in [5.74, 6) is 0.546. The molecule has 0 unspecified atom stereocenters. The van der Waals surface area contributed by atoms with Crippen LogP contribution < -0.4 is 0 Å². The highest BCUT2D eigenvalue weighted by atomic mass is 16.6. The van der Waals surface area contributed by atoms with Crippen molar-refractivity contribution in [2.75, 3.05) is 19.7 Å². The van der Waals surface area contributed by atoms with E-state index in [-0.39, 0.29) is 18.6 Å². The lowest BCUT2D eigenvalue weighted by Gasteiger charge is -2.32. The molecule has 1 amide bonds. The largest absolute Gasteiger partial charge is 0.448 e. The fourth-order valence-corrected chi connectivity index (χ4v) is 4.98. The minimum absolute atomic E-state index is 0.0699. The summed E-state index contributed by atoms with van der Waals surface area (Å²) < 4.78 is 5.81. The number of carbonyl (C=O) groups is 1. The summed E-state index contributed by atoms with van der Waals surface area (Å²) in [5.41, 5.74) is 7.17. The highest BCUT2D eigenvalue weighted by Gasteiger charge is 2.30. The quantitative estimate of drug-likeness (QED) is 0.631. The Morgan fingerprint density at radius 3 is 2.03 bits per heavy atom. The van der Waals surface area contributed by atoms with Gasteiger partial charge < -0.3 is 14.7 Å². The first kappa shape index (κ1) is 19.8. The Morgan fingerprint density at radius 2 is 1.45 bits per heavy atom. The molecule has 31 heavy (non-hydrogen) atoms. The first-order chi connectivity index (χ1) is 15.2. The number of rotatable bonds is 4. The Balaban J connectivity index is 1.20. The summed E-state index contributed by atoms with van der Waals surface area (Å²) in [6.07, 6.45) is 1.65. The molecule has 1 heterocycles. The summed E-state index contributed by atoms with van der Waals surface area (Å²) in [6, 6.07) is 25.0. The Bertz CT molecular complexity index is 1020. The zero-order valence-corrected chi connectivity index (χ0v) is 17.5. The van der Waals surface area contributed by atoms with Gasteiger partial charge in [-0.25, -0.2) is 4.79 Å². The van der Waals surface area contributed by atoms with E-state index in [9.17, 15) is 9.90 Å². The van der Waals surface area contributed by atoms with Crippen molar-refractivity contribution >= 4 is 6.09 Å². The van der Waals surface area contributed by atoms with Crippen LogP contribution in [0.2, 0.25) is 0 Å². The highest BCUT2D eigenvalue weighted by Crippen LogP contribution is 2.44. The van der Waals surface area contributed by atoms with Crippen LogP contribution in [0.4, 0.5) is 4.79 Å². The second-order valence-electron chi connectivity index (χ2n) is 8.47. The van der Waals surface area contributed by atoms with Crippen molar-refractivity contribution in [2.45, 2.75) is 31.3 Å². The number of hydrogen-bond acceptors (Lipinski definition) is 3. The van der Waals surface area contributed by atoms with E-state index in [1.165, 1.54) is 27.8 Å². The lowest BCUT2D eigenvalue weighted by Crippen LogP contribution is -2.38. The Labute approximate surface area is 183 Å². The predicted octanol–water partition coefficient (Wildman–Crippen LogP) is 5.31. The molecule has 1 fully saturated rings. The van der Waals surface area contributed by atoms with E-state index in [4.69, 9.17) is 4.74 Å². The molecule has 1 saturated heterocycles. The number of benzene rings is 3. The maximum atomic E-state index is 12.8. The molecule has 0 spiro atoms. The molecule has 0 atom stereocenters. The molecule has 1 N–H and O–H groups in total. The lowest BCUT2D eigenvalue weighted by atomic mass is 9.89. The van der Waals surface area contributed by atoms with E-state index in [2.05, 4.69) is 60.7 Å². The molecule has 1 aliphatic heterocycles. The molecule has 3 aromatic rings. The standard InChI is InChI=1S/C27H27NO3/c29-17-19-9-11-20(12-10-19)21-13-15-28(16-14-21)27(30)31-18-26-24-7-3-1-5-22(24)23-6-2-4-8-25(23)26/h1-12,21,26,29H,13-18H2. The van der Waals surface area contributed by atoms with Gasteiger partial charge >= 0.3 is 6.09 Å². The van der Waals surface area contributed by atoms with E-state index in [1.54, 1.807) is 0 Å². The summed E-state index contributed by atoms with van der Waals surface area (Å²) in [7, 11) is 0. The molecular weight excluding hydrogens is 386 g/mol. The van der Waals surface area contributed by atoms with E-state index in [0.717, 1.165) is 18.4 Å². The first-order valence-electron chi connectivity index (χ1n) is 11.0. The number of hydrogen-bond donors (Lipinski definition) is 1. The van der Waals surface area contributed by atoms with Gasteiger partial charge in [0.05, 0.1) is 6.61 Å². The van der Waals surface area contributed by atoms with Crippen molar-refractivity contribution in [2.24, 2.45) is 0 Å². The fraction of sp³-hybridized carbons (Fsp3) is 0.296. The summed E-state index contributed by atoms with van der Waals surface area (Å²) in [6.45, 7) is 1.86. The molecule has 4 heteroatoms. The number of piperidine rings is 1. The number of aliphatic hydroxyl groups is 1. The van der Waals surface area contributed by atoms with Crippen molar-refractivity contribution in [3.05, 3.63) is 95.1 Å². The van der Waals surface area contributed by atoms with E-state index >= 15 is 0 Å². The van der Waals surface area contributed by atoms with Gasteiger partial charge in [-0.2, -0.15) is 0 Å². The van der Waals surface area contributed by atoms with Gasteiger partial charge in [0.15, 0.2) is 0 Å². The third kappa shape index (κ3) is 3.84. The molecule has 158 valence electrons. The van der Waals surface area contributed by atoms with Crippen molar-refractivity contribution in [3.63, 3.8) is 0 Å². The van der Waals surface area contributed by atoms with E-state index < -0.39 is 0 Å². The van der Waals surface area contributed by atoms with Crippen LogP contribution in [0.3, 0.4) is 0 Å². The predicted molar refractivity (Wildman–Crippen MR) is 121 cm³/mol. The smallest absolute Gasteiger partial charge is 0.409 e. The Kier molecular flexibility index (Phi) is 5.47. The average Bonchev–Trinajstić information content (AvgIpc) is 3.16. The van der Waals surface area contributed by atoms with Gasteiger partial charge in [-0.1, -0.05) is 72.8 Å². The van der Waals surface area contributed by atoms with Gasteiger partial charge in [-0.3, -0.25) is 0 Å². The second-order valence-corrected chi connectivity index (χ2v) is 8.47. The summed E-state index contributed by atoms with van der Waals surface area (Å²) in [5, 5.41) is 9.21. The van der Waals surface area contributed by atoms with Gasteiger partial charge in [0.25, 0.3) is 0 Å². The molecule has 0 saturated carbocycles. The molecule has 0 aromatic heterocycles. The van der Waals surface area contributed by atoms with Crippen LogP contribution >= 0.6 is 0 Å². The highest BCUT2D eigenvalue weighted by molar-refractivity contribution is 5.79. The number of carbonyl (C=O) groups excluding carboxylic acids is 1. The first-order valence-corrected chi connectivity index (χ1v) is 11.0. The minimum atomic E-state index is -0.212. The van der Waals surface area contributed by atoms with Crippen LogP contribution in [0, 0.1) is 0 Å². The molecule has 0 radical (unpaired) electrons. The zero-order chi connectivity index (χ0) is 21.2. The topological polar surface area (TPSA) is 49.8 Å². The van der Waals surface area contributed by atoms with Crippen LogP contribution in [0.5, 0.6) is 0 Å². The molecule has 4 nitrogen and oxygen atoms in total. The summed E-state index contributed by atoms with van der Waals surface area (Å²) in [4.78, 5) is 14.6. The number of aliphatic hydroxyl groups excluding tert-OH is 1. The van der Waals surface area contributed by atoms with Gasteiger partial charge in [-0.05, 0) is 52.1 Å². The molecule has 3 aromatic carbocycles. The molecule has 5 rings (SSSR count). The van der Waals surface area contributed by atoms with Crippen LogP contribution in [-0.4, -0.2) is 35.8 Å². The summed E-state index contributed by atoms with van der Waals surface area (Å²) >= 11 is 0. The molecular formula is C27H27NO3. The van der Waals surface area contributed by atoms with E-state index in [1.807, 2.05) is 17.0 Å².